The second-order valence-electron chi connectivity index (χ2n) is 6.46. The van der Waals surface area contributed by atoms with Crippen LogP contribution in [0, 0.1) is 0 Å². The summed E-state index contributed by atoms with van der Waals surface area (Å²) in [4.78, 5) is 27.9. The van der Waals surface area contributed by atoms with E-state index in [9.17, 15) is 9.59 Å². The van der Waals surface area contributed by atoms with Crippen molar-refractivity contribution in [2.75, 3.05) is 29.5 Å². The third-order valence-electron chi connectivity index (χ3n) is 4.55. The molecule has 1 N–H and O–H groups in total. The molecule has 0 unspecified atom stereocenters. The molecule has 1 amide bonds. The molecular formula is C22H22N2O4S2. The van der Waals surface area contributed by atoms with Crippen LogP contribution in [0.4, 0.5) is 11.4 Å². The first-order chi connectivity index (χ1) is 14.4. The lowest BCUT2D eigenvalue weighted by molar-refractivity contribution is -0.139. The zero-order valence-electron chi connectivity index (χ0n) is 16.7. The van der Waals surface area contributed by atoms with Gasteiger partial charge in [-0.05, 0) is 61.9 Å². The number of hydrogen-bond donors (Lipinski definition) is 1. The SMILES string of the molecule is CCN(CC)c1ccc(N2C(=O)/C(=C\c3cccc(OCC(=O)O)c3)SC2=S)cc1. The molecule has 1 aliphatic rings. The molecule has 6 nitrogen and oxygen atoms in total. The maximum absolute atomic E-state index is 13.0. The standard InChI is InChI=1S/C22H22N2O4S2/c1-3-23(4-2)16-8-10-17(11-9-16)24-21(27)19(30-22(24)29)13-15-6-5-7-18(12-15)28-14-20(25)26/h5-13H,3-4,14H2,1-2H3,(H,25,26)/b19-13+. The van der Waals surface area contributed by atoms with Gasteiger partial charge in [-0.1, -0.05) is 36.1 Å². The molecule has 3 rings (SSSR count). The Balaban J connectivity index is 1.79. The highest BCUT2D eigenvalue weighted by molar-refractivity contribution is 8.27. The van der Waals surface area contributed by atoms with Gasteiger partial charge in [0.1, 0.15) is 5.75 Å². The smallest absolute Gasteiger partial charge is 0.341 e. The average Bonchev–Trinajstić information content (AvgIpc) is 3.01. The van der Waals surface area contributed by atoms with Gasteiger partial charge in [0, 0.05) is 18.8 Å². The van der Waals surface area contributed by atoms with Gasteiger partial charge in [0.2, 0.25) is 0 Å². The summed E-state index contributed by atoms with van der Waals surface area (Å²) >= 11 is 6.68. The van der Waals surface area contributed by atoms with Crippen LogP contribution in [0.25, 0.3) is 6.08 Å². The first-order valence-electron chi connectivity index (χ1n) is 9.50. The Morgan fingerprint density at radius 1 is 1.20 bits per heavy atom. The van der Waals surface area contributed by atoms with Gasteiger partial charge in [-0.15, -0.1) is 0 Å². The highest BCUT2D eigenvalue weighted by Crippen LogP contribution is 2.36. The predicted molar refractivity (Wildman–Crippen MR) is 125 cm³/mol. The van der Waals surface area contributed by atoms with Gasteiger partial charge >= 0.3 is 5.97 Å². The lowest BCUT2D eigenvalue weighted by atomic mass is 10.2. The van der Waals surface area contributed by atoms with Gasteiger partial charge in [-0.25, -0.2) is 4.79 Å². The van der Waals surface area contributed by atoms with Crippen molar-refractivity contribution in [3.8, 4) is 5.75 Å². The topological polar surface area (TPSA) is 70.1 Å². The van der Waals surface area contributed by atoms with Crippen LogP contribution in [0.15, 0.2) is 53.4 Å². The van der Waals surface area contributed by atoms with Crippen molar-refractivity contribution in [1.82, 2.24) is 0 Å². The molecular weight excluding hydrogens is 420 g/mol. The van der Waals surface area contributed by atoms with Crippen molar-refractivity contribution in [1.29, 1.82) is 0 Å². The molecule has 30 heavy (non-hydrogen) atoms. The Labute approximate surface area is 185 Å². The minimum Gasteiger partial charge on any atom is -0.482 e. The van der Waals surface area contributed by atoms with E-state index in [1.807, 2.05) is 30.3 Å². The summed E-state index contributed by atoms with van der Waals surface area (Å²) in [6.07, 6.45) is 1.73. The third kappa shape index (κ3) is 5.01. The molecule has 2 aromatic rings. The largest absolute Gasteiger partial charge is 0.482 e. The van der Waals surface area contributed by atoms with Crippen LogP contribution in [0.5, 0.6) is 5.75 Å². The van der Waals surface area contributed by atoms with E-state index in [1.165, 1.54) is 16.7 Å². The molecule has 2 aromatic carbocycles. The number of nitrogens with zero attached hydrogens (tertiary/aromatic N) is 2. The van der Waals surface area contributed by atoms with Gasteiger partial charge in [0.25, 0.3) is 5.91 Å². The Hall–Kier alpha value is -2.84. The van der Waals surface area contributed by atoms with Crippen LogP contribution in [-0.2, 0) is 9.59 Å². The van der Waals surface area contributed by atoms with Crippen molar-refractivity contribution in [3.05, 3.63) is 59.0 Å². The van der Waals surface area contributed by atoms with E-state index in [-0.39, 0.29) is 5.91 Å². The molecule has 0 radical (unpaired) electrons. The molecule has 1 aliphatic heterocycles. The molecule has 1 fully saturated rings. The van der Waals surface area contributed by atoms with Gasteiger partial charge in [-0.3, -0.25) is 9.69 Å². The molecule has 1 heterocycles. The van der Waals surface area contributed by atoms with E-state index < -0.39 is 12.6 Å². The van der Waals surface area contributed by atoms with Crippen molar-refractivity contribution >= 4 is 57.6 Å². The number of rotatable bonds is 8. The number of ether oxygens (including phenoxy) is 1. The molecule has 156 valence electrons. The number of carbonyl (C=O) groups is 2. The molecule has 1 saturated heterocycles. The first-order valence-corrected chi connectivity index (χ1v) is 10.7. The molecule has 0 aromatic heterocycles. The second-order valence-corrected chi connectivity index (χ2v) is 8.14. The first kappa shape index (κ1) is 21.9. The summed E-state index contributed by atoms with van der Waals surface area (Å²) in [5.74, 6) is -0.806. The summed E-state index contributed by atoms with van der Waals surface area (Å²) in [5.41, 5.74) is 2.56. The maximum Gasteiger partial charge on any atom is 0.341 e. The molecule has 0 saturated carbocycles. The number of aliphatic carboxylic acids is 1. The van der Waals surface area contributed by atoms with Crippen LogP contribution in [-0.4, -0.2) is 41.0 Å². The Morgan fingerprint density at radius 2 is 1.90 bits per heavy atom. The second kappa shape index (κ2) is 9.77. The molecule has 0 atom stereocenters. The predicted octanol–water partition coefficient (Wildman–Crippen LogP) is 4.40. The van der Waals surface area contributed by atoms with E-state index in [1.54, 1.807) is 24.3 Å². The Bertz CT molecular complexity index is 985. The maximum atomic E-state index is 13.0. The number of carboxylic acid groups (broad SMARTS) is 1. The quantitative estimate of drug-likeness (QED) is 0.480. The monoisotopic (exact) mass is 442 g/mol. The number of carbonyl (C=O) groups excluding carboxylic acids is 1. The number of thiocarbonyl (C=S) groups is 1. The number of thioether (sulfide) groups is 1. The summed E-state index contributed by atoms with van der Waals surface area (Å²) < 4.78 is 5.67. The summed E-state index contributed by atoms with van der Waals surface area (Å²) in [6, 6.07) is 14.7. The number of benzene rings is 2. The molecule has 0 aliphatic carbocycles. The van der Waals surface area contributed by atoms with Crippen LogP contribution in [0.3, 0.4) is 0 Å². The number of carboxylic acids is 1. The normalized spacial score (nSPS) is 15.0. The molecule has 0 bridgehead atoms. The molecule has 0 spiro atoms. The van der Waals surface area contributed by atoms with Crippen molar-refractivity contribution in [2.45, 2.75) is 13.8 Å². The minimum absolute atomic E-state index is 0.183. The van der Waals surface area contributed by atoms with E-state index in [0.29, 0.717) is 15.0 Å². The van der Waals surface area contributed by atoms with Gasteiger partial charge < -0.3 is 14.7 Å². The highest BCUT2D eigenvalue weighted by atomic mass is 32.2. The third-order valence-corrected chi connectivity index (χ3v) is 5.85. The van der Waals surface area contributed by atoms with Crippen LogP contribution >= 0.6 is 24.0 Å². The van der Waals surface area contributed by atoms with Crippen molar-refractivity contribution in [3.63, 3.8) is 0 Å². The minimum atomic E-state index is -1.05. The van der Waals surface area contributed by atoms with Crippen LogP contribution in [0.2, 0.25) is 0 Å². The van der Waals surface area contributed by atoms with Crippen molar-refractivity contribution in [2.24, 2.45) is 0 Å². The fourth-order valence-electron chi connectivity index (χ4n) is 3.08. The highest BCUT2D eigenvalue weighted by Gasteiger charge is 2.33. The van der Waals surface area contributed by atoms with E-state index >= 15 is 0 Å². The van der Waals surface area contributed by atoms with Crippen LogP contribution in [0.1, 0.15) is 19.4 Å². The van der Waals surface area contributed by atoms with Crippen LogP contribution < -0.4 is 14.5 Å². The van der Waals surface area contributed by atoms with Gasteiger partial charge in [0.15, 0.2) is 10.9 Å². The fraction of sp³-hybridized carbons (Fsp3) is 0.227. The van der Waals surface area contributed by atoms with Gasteiger partial charge in [0.05, 0.1) is 10.6 Å². The lowest BCUT2D eigenvalue weighted by Crippen LogP contribution is -2.27. The fourth-order valence-corrected chi connectivity index (χ4v) is 4.38. The van der Waals surface area contributed by atoms with E-state index in [0.717, 1.165) is 30.0 Å². The summed E-state index contributed by atoms with van der Waals surface area (Å²) in [7, 11) is 0. The van der Waals surface area contributed by atoms with Gasteiger partial charge in [-0.2, -0.15) is 0 Å². The number of anilines is 2. The number of amides is 1. The average molecular weight is 443 g/mol. The van der Waals surface area contributed by atoms with E-state index in [2.05, 4.69) is 18.7 Å². The number of hydrogen-bond acceptors (Lipinski definition) is 6. The summed E-state index contributed by atoms with van der Waals surface area (Å²) in [5, 5.41) is 8.74. The van der Waals surface area contributed by atoms with Crippen molar-refractivity contribution < 1.29 is 19.4 Å². The zero-order chi connectivity index (χ0) is 21.7. The molecule has 8 heteroatoms. The summed E-state index contributed by atoms with van der Waals surface area (Å²) in [6.45, 7) is 5.61. The Morgan fingerprint density at radius 3 is 2.53 bits per heavy atom. The Kier molecular flexibility index (Phi) is 7.12. The lowest BCUT2D eigenvalue weighted by Gasteiger charge is -2.22. The zero-order valence-corrected chi connectivity index (χ0v) is 18.3. The van der Waals surface area contributed by atoms with E-state index in [4.69, 9.17) is 22.1 Å².